The Morgan fingerprint density at radius 3 is 3.00 bits per heavy atom. The SMILES string of the molecule is CCNc1ccnc(C(=O)NC2CCC2)c1. The first-order valence-corrected chi connectivity index (χ1v) is 5.80. The zero-order chi connectivity index (χ0) is 11.4. The molecule has 0 radical (unpaired) electrons. The predicted molar refractivity (Wildman–Crippen MR) is 63.5 cm³/mol. The van der Waals surface area contributed by atoms with E-state index in [0.717, 1.165) is 25.1 Å². The van der Waals surface area contributed by atoms with Crippen molar-refractivity contribution in [3.05, 3.63) is 24.0 Å². The lowest BCUT2D eigenvalue weighted by atomic mass is 9.93. The lowest BCUT2D eigenvalue weighted by Gasteiger charge is -2.26. The highest BCUT2D eigenvalue weighted by Gasteiger charge is 2.20. The molecule has 2 rings (SSSR count). The molecule has 0 aliphatic heterocycles. The number of hydrogen-bond donors (Lipinski definition) is 2. The van der Waals surface area contributed by atoms with E-state index in [9.17, 15) is 4.79 Å². The maximum absolute atomic E-state index is 11.8. The van der Waals surface area contributed by atoms with E-state index in [4.69, 9.17) is 0 Å². The van der Waals surface area contributed by atoms with Gasteiger partial charge < -0.3 is 10.6 Å². The zero-order valence-corrected chi connectivity index (χ0v) is 9.49. The minimum absolute atomic E-state index is 0.0653. The van der Waals surface area contributed by atoms with Crippen LogP contribution in [0.4, 0.5) is 5.69 Å². The van der Waals surface area contributed by atoms with Crippen LogP contribution in [-0.2, 0) is 0 Å². The van der Waals surface area contributed by atoms with Crippen LogP contribution < -0.4 is 10.6 Å². The molecule has 1 saturated carbocycles. The summed E-state index contributed by atoms with van der Waals surface area (Å²) in [5.41, 5.74) is 1.43. The van der Waals surface area contributed by atoms with Crippen LogP contribution in [0.3, 0.4) is 0 Å². The summed E-state index contributed by atoms with van der Waals surface area (Å²) in [6, 6.07) is 4.01. The molecule has 0 unspecified atom stereocenters. The van der Waals surface area contributed by atoms with Crippen LogP contribution in [0.25, 0.3) is 0 Å². The standard InChI is InChI=1S/C12H17N3O/c1-2-13-10-6-7-14-11(8-10)12(16)15-9-4-3-5-9/h6-9H,2-5H2,1H3,(H,13,14)(H,15,16). The first-order valence-electron chi connectivity index (χ1n) is 5.80. The van der Waals surface area contributed by atoms with Gasteiger partial charge in [-0.15, -0.1) is 0 Å². The van der Waals surface area contributed by atoms with Crippen molar-refractivity contribution in [2.45, 2.75) is 32.2 Å². The van der Waals surface area contributed by atoms with Gasteiger partial charge in [-0.2, -0.15) is 0 Å². The predicted octanol–water partition coefficient (Wildman–Crippen LogP) is 1.80. The molecule has 1 aromatic rings. The highest BCUT2D eigenvalue weighted by molar-refractivity contribution is 5.93. The van der Waals surface area contributed by atoms with E-state index >= 15 is 0 Å². The molecule has 0 saturated heterocycles. The summed E-state index contributed by atoms with van der Waals surface area (Å²) in [5, 5.41) is 6.14. The van der Waals surface area contributed by atoms with Crippen molar-refractivity contribution in [2.75, 3.05) is 11.9 Å². The Morgan fingerprint density at radius 2 is 2.38 bits per heavy atom. The van der Waals surface area contributed by atoms with Gasteiger partial charge in [0.25, 0.3) is 5.91 Å². The van der Waals surface area contributed by atoms with Crippen LogP contribution in [0.1, 0.15) is 36.7 Å². The molecule has 1 aromatic heterocycles. The van der Waals surface area contributed by atoms with Crippen molar-refractivity contribution in [3.63, 3.8) is 0 Å². The Hall–Kier alpha value is -1.58. The molecule has 0 spiro atoms. The van der Waals surface area contributed by atoms with Crippen molar-refractivity contribution < 1.29 is 4.79 Å². The van der Waals surface area contributed by atoms with E-state index in [0.29, 0.717) is 11.7 Å². The Labute approximate surface area is 95.5 Å². The molecule has 4 heteroatoms. The second kappa shape index (κ2) is 4.96. The number of aromatic nitrogens is 1. The third-order valence-corrected chi connectivity index (χ3v) is 2.81. The number of pyridine rings is 1. The molecule has 1 fully saturated rings. The van der Waals surface area contributed by atoms with Crippen molar-refractivity contribution in [3.8, 4) is 0 Å². The number of hydrogen-bond acceptors (Lipinski definition) is 3. The summed E-state index contributed by atoms with van der Waals surface area (Å²) in [5.74, 6) is -0.0653. The second-order valence-electron chi connectivity index (χ2n) is 4.06. The molecule has 0 bridgehead atoms. The monoisotopic (exact) mass is 219 g/mol. The third kappa shape index (κ3) is 2.51. The van der Waals surface area contributed by atoms with E-state index in [1.165, 1.54) is 6.42 Å². The second-order valence-corrected chi connectivity index (χ2v) is 4.06. The van der Waals surface area contributed by atoms with Gasteiger partial charge in [0.2, 0.25) is 0 Å². The molecule has 1 amide bonds. The molecule has 1 aliphatic carbocycles. The Morgan fingerprint density at radius 1 is 1.56 bits per heavy atom. The fraction of sp³-hybridized carbons (Fsp3) is 0.500. The number of rotatable bonds is 4. The summed E-state index contributed by atoms with van der Waals surface area (Å²) < 4.78 is 0. The zero-order valence-electron chi connectivity index (χ0n) is 9.49. The van der Waals surface area contributed by atoms with Gasteiger partial charge in [-0.3, -0.25) is 9.78 Å². The van der Waals surface area contributed by atoms with Crippen LogP contribution in [-0.4, -0.2) is 23.5 Å². The molecule has 86 valence electrons. The number of carbonyl (C=O) groups is 1. The summed E-state index contributed by atoms with van der Waals surface area (Å²) in [7, 11) is 0. The maximum Gasteiger partial charge on any atom is 0.270 e. The van der Waals surface area contributed by atoms with Gasteiger partial charge in [-0.1, -0.05) is 0 Å². The lowest BCUT2D eigenvalue weighted by Crippen LogP contribution is -2.39. The van der Waals surface area contributed by atoms with E-state index in [1.807, 2.05) is 13.0 Å². The fourth-order valence-electron chi connectivity index (χ4n) is 1.68. The van der Waals surface area contributed by atoms with Gasteiger partial charge in [0.1, 0.15) is 5.69 Å². The van der Waals surface area contributed by atoms with Crippen LogP contribution in [0.5, 0.6) is 0 Å². The van der Waals surface area contributed by atoms with E-state index in [2.05, 4.69) is 15.6 Å². The first-order chi connectivity index (χ1) is 7.79. The molecule has 16 heavy (non-hydrogen) atoms. The largest absolute Gasteiger partial charge is 0.385 e. The van der Waals surface area contributed by atoms with Gasteiger partial charge in [0, 0.05) is 24.5 Å². The smallest absolute Gasteiger partial charge is 0.270 e. The summed E-state index contributed by atoms with van der Waals surface area (Å²) in [6.45, 7) is 2.86. The van der Waals surface area contributed by atoms with Crippen LogP contribution >= 0.6 is 0 Å². The topological polar surface area (TPSA) is 54.0 Å². The number of nitrogens with one attached hydrogen (secondary N) is 2. The number of anilines is 1. The van der Waals surface area contributed by atoms with Crippen LogP contribution in [0.15, 0.2) is 18.3 Å². The molecule has 0 atom stereocenters. The molecule has 1 aliphatic rings. The summed E-state index contributed by atoms with van der Waals surface area (Å²) >= 11 is 0. The molecule has 1 heterocycles. The molecular weight excluding hydrogens is 202 g/mol. The Balaban J connectivity index is 2.00. The number of carbonyl (C=O) groups excluding carboxylic acids is 1. The molecular formula is C12H17N3O. The fourth-order valence-corrected chi connectivity index (χ4v) is 1.68. The van der Waals surface area contributed by atoms with Crippen molar-refractivity contribution in [2.24, 2.45) is 0 Å². The number of nitrogens with zero attached hydrogens (tertiary/aromatic N) is 1. The van der Waals surface area contributed by atoms with Crippen LogP contribution in [0, 0.1) is 0 Å². The Bertz CT molecular complexity index is 374. The summed E-state index contributed by atoms with van der Waals surface area (Å²) in [6.07, 6.45) is 5.07. The lowest BCUT2D eigenvalue weighted by molar-refractivity contribution is 0.0912. The van der Waals surface area contributed by atoms with E-state index in [1.54, 1.807) is 12.3 Å². The quantitative estimate of drug-likeness (QED) is 0.811. The molecule has 4 nitrogen and oxygen atoms in total. The van der Waals surface area contributed by atoms with Gasteiger partial charge in [-0.25, -0.2) is 0 Å². The van der Waals surface area contributed by atoms with E-state index in [-0.39, 0.29) is 5.91 Å². The Kier molecular flexibility index (Phi) is 3.39. The first kappa shape index (κ1) is 10.9. The molecule has 0 aromatic carbocycles. The van der Waals surface area contributed by atoms with Crippen molar-refractivity contribution in [1.82, 2.24) is 10.3 Å². The summed E-state index contributed by atoms with van der Waals surface area (Å²) in [4.78, 5) is 15.9. The average Bonchev–Trinajstić information content (AvgIpc) is 2.24. The minimum Gasteiger partial charge on any atom is -0.385 e. The van der Waals surface area contributed by atoms with Gasteiger partial charge in [0.15, 0.2) is 0 Å². The highest BCUT2D eigenvalue weighted by atomic mass is 16.1. The third-order valence-electron chi connectivity index (χ3n) is 2.81. The van der Waals surface area contributed by atoms with Crippen molar-refractivity contribution >= 4 is 11.6 Å². The number of amides is 1. The van der Waals surface area contributed by atoms with Crippen LogP contribution in [0.2, 0.25) is 0 Å². The highest BCUT2D eigenvalue weighted by Crippen LogP contribution is 2.18. The van der Waals surface area contributed by atoms with Gasteiger partial charge in [0.05, 0.1) is 0 Å². The molecule has 2 N–H and O–H groups in total. The van der Waals surface area contributed by atoms with Gasteiger partial charge in [-0.05, 0) is 38.3 Å². The average molecular weight is 219 g/mol. The minimum atomic E-state index is -0.0653. The maximum atomic E-state index is 11.8. The van der Waals surface area contributed by atoms with E-state index < -0.39 is 0 Å². The van der Waals surface area contributed by atoms with Gasteiger partial charge >= 0.3 is 0 Å². The van der Waals surface area contributed by atoms with Crippen molar-refractivity contribution in [1.29, 1.82) is 0 Å². The normalized spacial score (nSPS) is 15.3.